The van der Waals surface area contributed by atoms with Crippen LogP contribution < -0.4 is 10.6 Å². The van der Waals surface area contributed by atoms with Crippen molar-refractivity contribution in [1.82, 2.24) is 25.5 Å². The summed E-state index contributed by atoms with van der Waals surface area (Å²) < 4.78 is 14.6. The number of anilines is 1. The number of carbonyl (C=O) groups is 2. The van der Waals surface area contributed by atoms with E-state index >= 15 is 0 Å². The van der Waals surface area contributed by atoms with Crippen LogP contribution in [0.25, 0.3) is 5.69 Å². The third-order valence-corrected chi connectivity index (χ3v) is 9.10. The van der Waals surface area contributed by atoms with Gasteiger partial charge in [-0.1, -0.05) is 78.5 Å². The number of aliphatic hydroxyl groups excluding tert-OH is 1. The van der Waals surface area contributed by atoms with Crippen molar-refractivity contribution in [3.8, 4) is 11.4 Å². The van der Waals surface area contributed by atoms with Gasteiger partial charge >= 0.3 is 6.03 Å². The molecule has 49 heavy (non-hydrogen) atoms. The average molecular weight is 681 g/mol. The molecule has 1 unspecified atom stereocenters. The minimum atomic E-state index is -0.761. The van der Waals surface area contributed by atoms with Gasteiger partial charge in [0.15, 0.2) is 12.1 Å². The molecule has 4 atom stereocenters. The van der Waals surface area contributed by atoms with E-state index in [-0.39, 0.29) is 30.3 Å². The van der Waals surface area contributed by atoms with Crippen LogP contribution in [0.4, 0.5) is 10.5 Å². The predicted octanol–water partition coefficient (Wildman–Crippen LogP) is 5.52. The number of nitrogens with one attached hydrogen (secondary N) is 2. The number of phenolic OH excluding ortho intramolecular Hbond substituents is 1. The summed E-state index contributed by atoms with van der Waals surface area (Å²) in [6, 6.07) is 29.8. The first-order valence-electron chi connectivity index (χ1n) is 15.8. The summed E-state index contributed by atoms with van der Waals surface area (Å²) in [5.41, 5.74) is 4.61. The average Bonchev–Trinajstić information content (AvgIpc) is 3.60. The van der Waals surface area contributed by atoms with Crippen LogP contribution in [0.15, 0.2) is 108 Å². The summed E-state index contributed by atoms with van der Waals surface area (Å²) in [5, 5.41) is 37.6. The number of ketones is 1. The highest BCUT2D eigenvalue weighted by Gasteiger charge is 2.33. The molecular formula is C36H36N6O6S. The highest BCUT2D eigenvalue weighted by Crippen LogP contribution is 2.40. The standard InChI is InChI=1S/C36H36N6O6S/c1-23(44)32(18-24-6-3-2-4-7-24)38-35(46)37-28-9-5-8-27(19-28)34-47-31(20-33(48-34)26-12-10-25(21-43)11-13-26)22-49-36-39-40-41-42(36)29-14-16-30(45)17-15-29/h2-17,19,31-34,43,45H,18,20-22H2,1H3,(H2,37,38,46)/t31-,32+,33+,34?/m0/s1. The first kappa shape index (κ1) is 33.8. The number of benzene rings is 4. The molecule has 1 fully saturated rings. The summed E-state index contributed by atoms with van der Waals surface area (Å²) in [7, 11) is 0. The molecule has 1 aliphatic rings. The molecule has 5 aromatic rings. The van der Waals surface area contributed by atoms with Gasteiger partial charge in [-0.15, -0.1) is 5.10 Å². The molecule has 252 valence electrons. The number of aliphatic hydroxyl groups is 1. The normalized spacial score (nSPS) is 18.0. The fourth-order valence-electron chi connectivity index (χ4n) is 5.45. The lowest BCUT2D eigenvalue weighted by atomic mass is 10.0. The topological polar surface area (TPSA) is 161 Å². The summed E-state index contributed by atoms with van der Waals surface area (Å²) in [6.07, 6.45) is -0.418. The van der Waals surface area contributed by atoms with Gasteiger partial charge < -0.3 is 30.3 Å². The molecule has 0 spiro atoms. The fourth-order valence-corrected chi connectivity index (χ4v) is 6.36. The van der Waals surface area contributed by atoms with E-state index in [0.29, 0.717) is 40.7 Å². The second-order valence-electron chi connectivity index (χ2n) is 11.6. The van der Waals surface area contributed by atoms with E-state index in [1.165, 1.54) is 18.7 Å². The Kier molecular flexibility index (Phi) is 11.0. The van der Waals surface area contributed by atoms with E-state index in [0.717, 1.165) is 16.7 Å². The van der Waals surface area contributed by atoms with Crippen LogP contribution in [0.3, 0.4) is 0 Å². The highest BCUT2D eigenvalue weighted by molar-refractivity contribution is 7.99. The Morgan fingerprint density at radius 1 is 0.939 bits per heavy atom. The van der Waals surface area contributed by atoms with Crippen LogP contribution in [0.1, 0.15) is 48.0 Å². The molecule has 0 aliphatic carbocycles. The largest absolute Gasteiger partial charge is 0.508 e. The lowest BCUT2D eigenvalue weighted by molar-refractivity contribution is -0.245. The summed E-state index contributed by atoms with van der Waals surface area (Å²) in [5.74, 6) is 0.516. The number of thioether (sulfide) groups is 1. The minimum absolute atomic E-state index is 0.0562. The number of nitrogens with zero attached hydrogens (tertiary/aromatic N) is 4. The van der Waals surface area contributed by atoms with Crippen LogP contribution in [0.5, 0.6) is 5.75 Å². The summed E-state index contributed by atoms with van der Waals surface area (Å²) in [4.78, 5) is 25.3. The van der Waals surface area contributed by atoms with Gasteiger partial charge in [-0.25, -0.2) is 4.79 Å². The van der Waals surface area contributed by atoms with Crippen molar-refractivity contribution in [3.05, 3.63) is 125 Å². The van der Waals surface area contributed by atoms with E-state index in [9.17, 15) is 19.8 Å². The third kappa shape index (κ3) is 8.89. The van der Waals surface area contributed by atoms with Crippen molar-refractivity contribution < 1.29 is 29.3 Å². The first-order valence-corrected chi connectivity index (χ1v) is 16.8. The Morgan fingerprint density at radius 3 is 2.45 bits per heavy atom. The molecule has 4 aromatic carbocycles. The number of carbonyl (C=O) groups excluding carboxylic acids is 2. The summed E-state index contributed by atoms with van der Waals surface area (Å²) in [6.45, 7) is 1.40. The minimum Gasteiger partial charge on any atom is -0.508 e. The van der Waals surface area contributed by atoms with Crippen molar-refractivity contribution in [2.75, 3.05) is 11.1 Å². The Bertz CT molecular complexity index is 1850. The SMILES string of the molecule is CC(=O)[C@@H](Cc1ccccc1)NC(=O)Nc1cccc(C2O[C@H](CSc3nnnn3-c3ccc(O)cc3)C[C@H](c3ccc(CO)cc3)O2)c1. The number of aromatic hydroxyl groups is 1. The molecule has 0 bridgehead atoms. The Balaban J connectivity index is 1.17. The van der Waals surface area contributed by atoms with Gasteiger partial charge in [-0.05, 0) is 76.9 Å². The zero-order valence-electron chi connectivity index (χ0n) is 26.7. The van der Waals surface area contributed by atoms with Crippen molar-refractivity contribution in [3.63, 3.8) is 0 Å². The number of hydrogen-bond donors (Lipinski definition) is 4. The number of Topliss-reactive ketones (excluding diaryl/α,β-unsaturated/α-hetero) is 1. The van der Waals surface area contributed by atoms with Gasteiger partial charge in [0.1, 0.15) is 5.75 Å². The number of phenols is 1. The molecule has 2 heterocycles. The van der Waals surface area contributed by atoms with E-state index < -0.39 is 18.4 Å². The maximum Gasteiger partial charge on any atom is 0.319 e. The van der Waals surface area contributed by atoms with E-state index in [4.69, 9.17) is 9.47 Å². The molecule has 1 saturated heterocycles. The van der Waals surface area contributed by atoms with Crippen molar-refractivity contribution in [1.29, 1.82) is 0 Å². The second-order valence-corrected chi connectivity index (χ2v) is 12.6. The van der Waals surface area contributed by atoms with Gasteiger partial charge in [0, 0.05) is 23.4 Å². The van der Waals surface area contributed by atoms with Crippen LogP contribution in [0, 0.1) is 0 Å². The zero-order chi connectivity index (χ0) is 34.2. The zero-order valence-corrected chi connectivity index (χ0v) is 27.5. The van der Waals surface area contributed by atoms with Crippen molar-refractivity contribution in [2.24, 2.45) is 0 Å². The molecule has 6 rings (SSSR count). The predicted molar refractivity (Wildman–Crippen MR) is 183 cm³/mol. The molecule has 0 saturated carbocycles. The van der Waals surface area contributed by atoms with Gasteiger partial charge in [0.25, 0.3) is 0 Å². The Morgan fingerprint density at radius 2 is 1.71 bits per heavy atom. The van der Waals surface area contributed by atoms with Gasteiger partial charge in [0.05, 0.1) is 30.5 Å². The molecule has 12 nitrogen and oxygen atoms in total. The van der Waals surface area contributed by atoms with Crippen LogP contribution >= 0.6 is 11.8 Å². The number of amides is 2. The van der Waals surface area contributed by atoms with Crippen LogP contribution in [-0.4, -0.2) is 60.1 Å². The number of urea groups is 1. The molecule has 0 radical (unpaired) electrons. The van der Waals surface area contributed by atoms with Crippen LogP contribution in [-0.2, 0) is 27.3 Å². The quantitative estimate of drug-likeness (QED) is 0.124. The van der Waals surface area contributed by atoms with Gasteiger partial charge in [-0.2, -0.15) is 4.68 Å². The number of ether oxygens (including phenoxy) is 2. The van der Waals surface area contributed by atoms with Crippen molar-refractivity contribution in [2.45, 2.75) is 56.1 Å². The molecule has 1 aliphatic heterocycles. The molecule has 13 heteroatoms. The number of hydrogen-bond acceptors (Lipinski definition) is 10. The summed E-state index contributed by atoms with van der Waals surface area (Å²) >= 11 is 1.44. The van der Waals surface area contributed by atoms with Crippen LogP contribution in [0.2, 0.25) is 0 Å². The van der Waals surface area contributed by atoms with E-state index in [1.807, 2.05) is 60.7 Å². The van der Waals surface area contributed by atoms with E-state index in [2.05, 4.69) is 26.2 Å². The first-order chi connectivity index (χ1) is 23.8. The number of rotatable bonds is 12. The fraction of sp³-hybridized carbons (Fsp3) is 0.250. The maximum atomic E-state index is 13.0. The van der Waals surface area contributed by atoms with Gasteiger partial charge in [-0.3, -0.25) is 4.79 Å². The van der Waals surface area contributed by atoms with Crippen molar-refractivity contribution >= 4 is 29.3 Å². The molecule has 4 N–H and O–H groups in total. The molecule has 2 amide bonds. The number of aromatic nitrogens is 4. The number of tetrazole rings is 1. The lowest BCUT2D eigenvalue weighted by Crippen LogP contribution is -2.43. The lowest BCUT2D eigenvalue weighted by Gasteiger charge is -2.36. The smallest absolute Gasteiger partial charge is 0.319 e. The molecule has 1 aromatic heterocycles. The van der Waals surface area contributed by atoms with Gasteiger partial charge in [0.2, 0.25) is 5.16 Å². The highest BCUT2D eigenvalue weighted by atomic mass is 32.2. The Labute approximate surface area is 287 Å². The maximum absolute atomic E-state index is 13.0. The monoisotopic (exact) mass is 680 g/mol. The third-order valence-electron chi connectivity index (χ3n) is 8.04. The van der Waals surface area contributed by atoms with E-state index in [1.54, 1.807) is 47.1 Å². The molecular weight excluding hydrogens is 644 g/mol. The second kappa shape index (κ2) is 15.9. The Hall–Kier alpha value is -5.08.